The highest BCUT2D eigenvalue weighted by atomic mass is 16.5. The van der Waals surface area contributed by atoms with E-state index in [4.69, 9.17) is 14.2 Å². The maximum atomic E-state index is 14.0. The van der Waals surface area contributed by atoms with Gasteiger partial charge in [0.25, 0.3) is 5.91 Å². The molecule has 0 saturated carbocycles. The zero-order valence-corrected chi connectivity index (χ0v) is 21.9. The second-order valence-electron chi connectivity index (χ2n) is 9.37. The minimum Gasteiger partial charge on any atom is -0.497 e. The summed E-state index contributed by atoms with van der Waals surface area (Å²) in [6, 6.07) is 36.7. The van der Waals surface area contributed by atoms with Gasteiger partial charge in [-0.05, 0) is 47.5 Å². The quantitative estimate of drug-likeness (QED) is 0.260. The standard InChI is InChI=1S/C34H31NO4/c1-37-30-20-18-29(19-21-30)35-32(22-17-26-11-5-2-6-12-26)31(25-38-23-27-13-7-3-8-14-27)33(34(35)36)39-24-28-15-9-4-10-16-28/h2-16,18-21,31-33H,23-25H2,1H3/t31-,32-,33+/m1/s1. The van der Waals surface area contributed by atoms with E-state index in [9.17, 15) is 4.79 Å². The molecule has 1 aliphatic heterocycles. The van der Waals surface area contributed by atoms with Crippen molar-refractivity contribution in [3.05, 3.63) is 132 Å². The Balaban J connectivity index is 1.47. The summed E-state index contributed by atoms with van der Waals surface area (Å²) >= 11 is 0. The van der Waals surface area contributed by atoms with Gasteiger partial charge in [0.05, 0.1) is 26.9 Å². The molecule has 0 unspecified atom stereocenters. The van der Waals surface area contributed by atoms with Crippen molar-refractivity contribution < 1.29 is 19.0 Å². The molecular formula is C34H31NO4. The number of nitrogens with zero attached hydrogens (tertiary/aromatic N) is 1. The van der Waals surface area contributed by atoms with Crippen LogP contribution in [0.2, 0.25) is 0 Å². The van der Waals surface area contributed by atoms with Gasteiger partial charge in [0, 0.05) is 17.2 Å². The molecule has 5 rings (SSSR count). The Morgan fingerprint density at radius 1 is 0.744 bits per heavy atom. The lowest BCUT2D eigenvalue weighted by Gasteiger charge is -2.24. The number of anilines is 1. The van der Waals surface area contributed by atoms with Gasteiger partial charge < -0.3 is 14.2 Å². The van der Waals surface area contributed by atoms with E-state index in [1.54, 1.807) is 12.0 Å². The van der Waals surface area contributed by atoms with E-state index in [0.717, 1.165) is 28.1 Å². The first kappa shape index (κ1) is 26.2. The minimum absolute atomic E-state index is 0.128. The Morgan fingerprint density at radius 3 is 1.95 bits per heavy atom. The fraction of sp³-hybridized carbons (Fsp3) is 0.206. The molecule has 1 amide bonds. The van der Waals surface area contributed by atoms with Crippen LogP contribution in [-0.4, -0.2) is 31.8 Å². The lowest BCUT2D eigenvalue weighted by molar-refractivity contribution is -0.131. The molecule has 0 aromatic heterocycles. The molecule has 1 heterocycles. The lowest BCUT2D eigenvalue weighted by Crippen LogP contribution is -2.35. The van der Waals surface area contributed by atoms with Gasteiger partial charge >= 0.3 is 0 Å². The Bertz CT molecular complexity index is 1400. The van der Waals surface area contributed by atoms with Gasteiger partial charge in [-0.3, -0.25) is 9.69 Å². The SMILES string of the molecule is COc1ccc(N2C(=O)[C@@H](OCc3ccccc3)[C@H](COCc3ccccc3)[C@H]2C#Cc2ccccc2)cc1. The van der Waals surface area contributed by atoms with E-state index in [1.807, 2.05) is 115 Å². The summed E-state index contributed by atoms with van der Waals surface area (Å²) in [6.45, 7) is 1.08. The summed E-state index contributed by atoms with van der Waals surface area (Å²) in [4.78, 5) is 15.7. The minimum atomic E-state index is -0.710. The number of rotatable bonds is 9. The number of carbonyl (C=O) groups excluding carboxylic acids is 1. The van der Waals surface area contributed by atoms with Gasteiger partial charge in [0.15, 0.2) is 0 Å². The zero-order valence-electron chi connectivity index (χ0n) is 21.9. The van der Waals surface area contributed by atoms with Crippen LogP contribution in [0, 0.1) is 17.8 Å². The maximum Gasteiger partial charge on any atom is 0.257 e. The van der Waals surface area contributed by atoms with Crippen LogP contribution in [0.1, 0.15) is 16.7 Å². The lowest BCUT2D eigenvalue weighted by atomic mass is 9.98. The van der Waals surface area contributed by atoms with E-state index in [-0.39, 0.29) is 11.8 Å². The third-order valence-corrected chi connectivity index (χ3v) is 6.74. The molecule has 4 aromatic carbocycles. The molecule has 0 bridgehead atoms. The van der Waals surface area contributed by atoms with Crippen LogP contribution in [0.3, 0.4) is 0 Å². The number of hydrogen-bond acceptors (Lipinski definition) is 4. The molecule has 196 valence electrons. The fourth-order valence-electron chi connectivity index (χ4n) is 4.72. The Hall–Kier alpha value is -4.37. The summed E-state index contributed by atoms with van der Waals surface area (Å²) in [5.41, 5.74) is 3.70. The fourth-order valence-corrected chi connectivity index (χ4v) is 4.72. The van der Waals surface area contributed by atoms with Crippen LogP contribution in [0.5, 0.6) is 5.75 Å². The Labute approximate surface area is 230 Å². The molecule has 1 fully saturated rings. The molecule has 0 N–H and O–H groups in total. The first-order chi connectivity index (χ1) is 19.2. The highest BCUT2D eigenvalue weighted by Gasteiger charge is 2.49. The summed E-state index contributed by atoms with van der Waals surface area (Å²) in [7, 11) is 1.62. The Kier molecular flexibility index (Phi) is 8.70. The van der Waals surface area contributed by atoms with Gasteiger partial charge in [0.2, 0.25) is 0 Å². The van der Waals surface area contributed by atoms with Crippen molar-refractivity contribution in [1.82, 2.24) is 0 Å². The summed E-state index contributed by atoms with van der Waals surface area (Å²) in [5, 5.41) is 0. The van der Waals surface area contributed by atoms with Gasteiger partial charge in [0.1, 0.15) is 17.9 Å². The molecule has 0 radical (unpaired) electrons. The van der Waals surface area contributed by atoms with Crippen LogP contribution in [-0.2, 0) is 27.5 Å². The molecule has 39 heavy (non-hydrogen) atoms. The highest BCUT2D eigenvalue weighted by Crippen LogP contribution is 2.35. The molecule has 5 nitrogen and oxygen atoms in total. The first-order valence-corrected chi connectivity index (χ1v) is 13.0. The largest absolute Gasteiger partial charge is 0.497 e. The van der Waals surface area contributed by atoms with E-state index in [0.29, 0.717) is 19.8 Å². The van der Waals surface area contributed by atoms with Gasteiger partial charge in [-0.1, -0.05) is 90.7 Å². The van der Waals surface area contributed by atoms with Crippen molar-refractivity contribution in [1.29, 1.82) is 0 Å². The van der Waals surface area contributed by atoms with E-state index in [2.05, 4.69) is 11.8 Å². The molecule has 4 aromatic rings. The van der Waals surface area contributed by atoms with E-state index < -0.39 is 12.1 Å². The predicted octanol–water partition coefficient (Wildman–Crippen LogP) is 5.88. The van der Waals surface area contributed by atoms with Crippen molar-refractivity contribution in [2.75, 3.05) is 18.6 Å². The van der Waals surface area contributed by atoms with Crippen molar-refractivity contribution in [2.24, 2.45) is 5.92 Å². The monoisotopic (exact) mass is 517 g/mol. The molecular weight excluding hydrogens is 486 g/mol. The van der Waals surface area contributed by atoms with Crippen molar-refractivity contribution in [2.45, 2.75) is 25.4 Å². The van der Waals surface area contributed by atoms with Crippen LogP contribution in [0.25, 0.3) is 0 Å². The smallest absolute Gasteiger partial charge is 0.257 e. The second kappa shape index (κ2) is 12.9. The van der Waals surface area contributed by atoms with Crippen molar-refractivity contribution in [3.63, 3.8) is 0 Å². The second-order valence-corrected chi connectivity index (χ2v) is 9.37. The number of methoxy groups -OCH3 is 1. The normalized spacial score (nSPS) is 18.4. The molecule has 0 aliphatic carbocycles. The van der Waals surface area contributed by atoms with Crippen molar-refractivity contribution >= 4 is 11.6 Å². The summed E-state index contributed by atoms with van der Waals surface area (Å²) in [5.74, 6) is 6.97. The molecule has 0 spiro atoms. The number of hydrogen-bond donors (Lipinski definition) is 0. The number of carbonyl (C=O) groups is 1. The Morgan fingerprint density at radius 2 is 1.33 bits per heavy atom. The number of ether oxygens (including phenoxy) is 3. The third kappa shape index (κ3) is 6.56. The van der Waals surface area contributed by atoms with Gasteiger partial charge in [-0.25, -0.2) is 0 Å². The van der Waals surface area contributed by atoms with E-state index >= 15 is 0 Å². The van der Waals surface area contributed by atoms with Crippen LogP contribution >= 0.6 is 0 Å². The molecule has 3 atom stereocenters. The molecule has 5 heteroatoms. The summed E-state index contributed by atoms with van der Waals surface area (Å²) < 4.78 is 17.9. The average Bonchev–Trinajstić information content (AvgIpc) is 3.26. The van der Waals surface area contributed by atoms with Gasteiger partial charge in [-0.15, -0.1) is 0 Å². The average molecular weight is 518 g/mol. The van der Waals surface area contributed by atoms with Crippen molar-refractivity contribution in [3.8, 4) is 17.6 Å². The van der Waals surface area contributed by atoms with E-state index in [1.165, 1.54) is 0 Å². The van der Waals surface area contributed by atoms with Crippen LogP contribution < -0.4 is 9.64 Å². The number of amides is 1. The maximum absolute atomic E-state index is 14.0. The van der Waals surface area contributed by atoms with Crippen LogP contribution in [0.4, 0.5) is 5.69 Å². The highest BCUT2D eigenvalue weighted by molar-refractivity contribution is 6.01. The summed E-state index contributed by atoms with van der Waals surface area (Å²) in [6.07, 6.45) is -0.710. The number of benzene rings is 4. The first-order valence-electron chi connectivity index (χ1n) is 13.0. The zero-order chi connectivity index (χ0) is 26.9. The topological polar surface area (TPSA) is 48.0 Å². The van der Waals surface area contributed by atoms with Crippen LogP contribution in [0.15, 0.2) is 115 Å². The third-order valence-electron chi connectivity index (χ3n) is 6.74. The molecule has 1 aliphatic rings. The van der Waals surface area contributed by atoms with Gasteiger partial charge in [-0.2, -0.15) is 0 Å². The predicted molar refractivity (Wildman–Crippen MR) is 152 cm³/mol. The molecule has 1 saturated heterocycles.